The van der Waals surface area contributed by atoms with Gasteiger partial charge in [0.1, 0.15) is 11.4 Å². The highest BCUT2D eigenvalue weighted by Crippen LogP contribution is 2.26. The van der Waals surface area contributed by atoms with Gasteiger partial charge in [-0.2, -0.15) is 0 Å². The molecule has 0 aliphatic carbocycles. The molecule has 1 amide bonds. The van der Waals surface area contributed by atoms with Crippen LogP contribution in [0.2, 0.25) is 0 Å². The van der Waals surface area contributed by atoms with Crippen LogP contribution in [0.25, 0.3) is 11.0 Å². The molecule has 3 aromatic rings. The molecule has 0 atom stereocenters. The largest absolute Gasteiger partial charge is 0.451 e. The molecule has 2 aromatic heterocycles. The number of furan rings is 1. The predicted molar refractivity (Wildman–Crippen MR) is 77.9 cm³/mol. The monoisotopic (exact) mass is 266 g/mol. The molecule has 2 heterocycles. The number of aromatic nitrogens is 1. The molecule has 4 nitrogen and oxygen atoms in total. The van der Waals surface area contributed by atoms with Crippen molar-refractivity contribution in [2.45, 2.75) is 13.8 Å². The molecule has 0 saturated heterocycles. The number of rotatable bonds is 2. The van der Waals surface area contributed by atoms with Crippen LogP contribution >= 0.6 is 0 Å². The molecular formula is C16H14N2O2. The lowest BCUT2D eigenvalue weighted by molar-refractivity contribution is 0.0997. The van der Waals surface area contributed by atoms with Crippen molar-refractivity contribution < 1.29 is 9.21 Å². The lowest BCUT2D eigenvalue weighted by Gasteiger charge is -2.01. The summed E-state index contributed by atoms with van der Waals surface area (Å²) < 4.78 is 5.67. The summed E-state index contributed by atoms with van der Waals surface area (Å²) in [6, 6.07) is 11.3. The molecule has 0 radical (unpaired) electrons. The minimum absolute atomic E-state index is 0.282. The third-order valence-corrected chi connectivity index (χ3v) is 3.21. The molecule has 1 aromatic carbocycles. The van der Waals surface area contributed by atoms with Crippen LogP contribution in [-0.4, -0.2) is 10.9 Å². The summed E-state index contributed by atoms with van der Waals surface area (Å²) in [6.45, 7) is 3.87. The van der Waals surface area contributed by atoms with Crippen molar-refractivity contribution in [3.63, 3.8) is 0 Å². The number of hydrogen-bond donors (Lipinski definition) is 1. The quantitative estimate of drug-likeness (QED) is 0.769. The Kier molecular flexibility index (Phi) is 2.99. The van der Waals surface area contributed by atoms with E-state index in [-0.39, 0.29) is 5.91 Å². The molecule has 4 heteroatoms. The van der Waals surface area contributed by atoms with Crippen LogP contribution in [-0.2, 0) is 0 Å². The van der Waals surface area contributed by atoms with Crippen LogP contribution < -0.4 is 5.32 Å². The molecule has 0 spiro atoms. The van der Waals surface area contributed by atoms with Gasteiger partial charge in [-0.3, -0.25) is 4.79 Å². The lowest BCUT2D eigenvalue weighted by atomic mass is 10.1. The highest BCUT2D eigenvalue weighted by Gasteiger charge is 2.17. The van der Waals surface area contributed by atoms with E-state index in [0.29, 0.717) is 11.6 Å². The Balaban J connectivity index is 1.97. The summed E-state index contributed by atoms with van der Waals surface area (Å²) in [7, 11) is 0. The minimum atomic E-state index is -0.282. The van der Waals surface area contributed by atoms with Gasteiger partial charge >= 0.3 is 0 Å². The van der Waals surface area contributed by atoms with Gasteiger partial charge in [-0.1, -0.05) is 18.2 Å². The second-order valence-corrected chi connectivity index (χ2v) is 4.72. The average Bonchev–Trinajstić information content (AvgIpc) is 2.76. The summed E-state index contributed by atoms with van der Waals surface area (Å²) in [5, 5.41) is 3.69. The first kappa shape index (κ1) is 12.4. The maximum absolute atomic E-state index is 12.2. The summed E-state index contributed by atoms with van der Waals surface area (Å²) in [5.41, 5.74) is 2.67. The van der Waals surface area contributed by atoms with Gasteiger partial charge in [-0.05, 0) is 37.6 Å². The standard InChI is InChI=1S/C16H14N2O2/c1-10-6-7-12-11(2)15(20-13(12)9-10)16(19)18-14-5-3-4-8-17-14/h3-9H,1-2H3,(H,17,18,19). The molecule has 20 heavy (non-hydrogen) atoms. The molecule has 0 bridgehead atoms. The maximum Gasteiger partial charge on any atom is 0.292 e. The number of amides is 1. The SMILES string of the molecule is Cc1ccc2c(C)c(C(=O)Nc3ccccn3)oc2c1. The van der Waals surface area contributed by atoms with Gasteiger partial charge in [0.15, 0.2) is 5.76 Å². The van der Waals surface area contributed by atoms with Gasteiger partial charge in [0.05, 0.1) is 0 Å². The van der Waals surface area contributed by atoms with Gasteiger partial charge in [0.2, 0.25) is 0 Å². The number of carbonyl (C=O) groups excluding carboxylic acids is 1. The van der Waals surface area contributed by atoms with Crippen molar-refractivity contribution in [2.75, 3.05) is 5.32 Å². The van der Waals surface area contributed by atoms with Crippen LogP contribution in [0.5, 0.6) is 0 Å². The second kappa shape index (κ2) is 4.81. The van der Waals surface area contributed by atoms with E-state index in [9.17, 15) is 4.79 Å². The molecule has 3 rings (SSSR count). The van der Waals surface area contributed by atoms with E-state index < -0.39 is 0 Å². The van der Waals surface area contributed by atoms with E-state index in [4.69, 9.17) is 4.42 Å². The number of aryl methyl sites for hydroxylation is 2. The maximum atomic E-state index is 12.2. The van der Waals surface area contributed by atoms with Crippen LogP contribution in [0.15, 0.2) is 47.0 Å². The Morgan fingerprint density at radius 2 is 2.05 bits per heavy atom. The molecule has 100 valence electrons. The van der Waals surface area contributed by atoms with Crippen molar-refractivity contribution in [3.05, 3.63) is 59.5 Å². The van der Waals surface area contributed by atoms with Gasteiger partial charge < -0.3 is 9.73 Å². The number of benzene rings is 1. The molecule has 1 N–H and O–H groups in total. The normalized spacial score (nSPS) is 10.7. The number of nitrogens with zero attached hydrogens (tertiary/aromatic N) is 1. The van der Waals surface area contributed by atoms with Gasteiger partial charge in [-0.25, -0.2) is 4.98 Å². The minimum Gasteiger partial charge on any atom is -0.451 e. The highest BCUT2D eigenvalue weighted by atomic mass is 16.3. The average molecular weight is 266 g/mol. The van der Waals surface area contributed by atoms with E-state index >= 15 is 0 Å². The Hall–Kier alpha value is -2.62. The Morgan fingerprint density at radius 3 is 2.80 bits per heavy atom. The van der Waals surface area contributed by atoms with Crippen LogP contribution in [0.4, 0.5) is 5.82 Å². The molecule has 0 aliphatic rings. The summed E-state index contributed by atoms with van der Waals surface area (Å²) in [4.78, 5) is 16.3. The fraction of sp³-hybridized carbons (Fsp3) is 0.125. The first-order valence-electron chi connectivity index (χ1n) is 6.37. The third kappa shape index (κ3) is 2.16. The van der Waals surface area contributed by atoms with Crippen LogP contribution in [0, 0.1) is 13.8 Å². The van der Waals surface area contributed by atoms with Crippen LogP contribution in [0.3, 0.4) is 0 Å². The van der Waals surface area contributed by atoms with Crippen molar-refractivity contribution in [3.8, 4) is 0 Å². The van der Waals surface area contributed by atoms with E-state index in [0.717, 1.165) is 22.1 Å². The smallest absolute Gasteiger partial charge is 0.292 e. The summed E-state index contributed by atoms with van der Waals surface area (Å²) in [5.74, 6) is 0.555. The topological polar surface area (TPSA) is 55.1 Å². The number of anilines is 1. The highest BCUT2D eigenvalue weighted by molar-refractivity contribution is 6.06. The number of nitrogens with one attached hydrogen (secondary N) is 1. The Bertz CT molecular complexity index is 776. The van der Waals surface area contributed by atoms with Crippen molar-refractivity contribution in [1.82, 2.24) is 4.98 Å². The van der Waals surface area contributed by atoms with Gasteiger partial charge in [0.25, 0.3) is 5.91 Å². The van der Waals surface area contributed by atoms with E-state index in [1.54, 1.807) is 18.3 Å². The molecule has 0 saturated carbocycles. The lowest BCUT2D eigenvalue weighted by Crippen LogP contribution is -2.12. The molecule has 0 aliphatic heterocycles. The summed E-state index contributed by atoms with van der Waals surface area (Å²) in [6.07, 6.45) is 1.63. The van der Waals surface area contributed by atoms with Crippen molar-refractivity contribution in [1.29, 1.82) is 0 Å². The van der Waals surface area contributed by atoms with E-state index in [1.165, 1.54) is 0 Å². The Morgan fingerprint density at radius 1 is 1.20 bits per heavy atom. The zero-order valence-electron chi connectivity index (χ0n) is 11.3. The van der Waals surface area contributed by atoms with E-state index in [2.05, 4.69) is 10.3 Å². The zero-order valence-corrected chi connectivity index (χ0v) is 11.3. The summed E-state index contributed by atoms with van der Waals surface area (Å²) >= 11 is 0. The fourth-order valence-electron chi connectivity index (χ4n) is 2.16. The zero-order chi connectivity index (χ0) is 14.1. The second-order valence-electron chi connectivity index (χ2n) is 4.72. The molecule has 0 fully saturated rings. The first-order chi connectivity index (χ1) is 9.65. The number of carbonyl (C=O) groups is 1. The predicted octanol–water partition coefficient (Wildman–Crippen LogP) is 3.70. The first-order valence-corrected chi connectivity index (χ1v) is 6.37. The van der Waals surface area contributed by atoms with Crippen LogP contribution in [0.1, 0.15) is 21.7 Å². The molecule has 0 unspecified atom stereocenters. The van der Waals surface area contributed by atoms with Gasteiger partial charge in [0, 0.05) is 17.1 Å². The third-order valence-electron chi connectivity index (χ3n) is 3.21. The van der Waals surface area contributed by atoms with Crippen molar-refractivity contribution in [2.24, 2.45) is 0 Å². The Labute approximate surface area is 116 Å². The van der Waals surface area contributed by atoms with E-state index in [1.807, 2.05) is 38.1 Å². The number of pyridine rings is 1. The van der Waals surface area contributed by atoms with Gasteiger partial charge in [-0.15, -0.1) is 0 Å². The number of fused-ring (bicyclic) bond motifs is 1. The fourth-order valence-corrected chi connectivity index (χ4v) is 2.16. The number of hydrogen-bond acceptors (Lipinski definition) is 3. The van der Waals surface area contributed by atoms with Crippen molar-refractivity contribution >= 4 is 22.7 Å². The molecular weight excluding hydrogens is 252 g/mol.